The predicted octanol–water partition coefficient (Wildman–Crippen LogP) is 2.86. The highest BCUT2D eigenvalue weighted by Gasteiger charge is 2.26. The molecule has 1 heterocycles. The minimum Gasteiger partial charge on any atom is -0.497 e. The van der Waals surface area contributed by atoms with Gasteiger partial charge in [0.25, 0.3) is 5.91 Å². The number of carbonyl (C=O) groups excluding carboxylic acids is 1. The van der Waals surface area contributed by atoms with Crippen LogP contribution in [-0.4, -0.2) is 44.6 Å². The van der Waals surface area contributed by atoms with Gasteiger partial charge in [-0.1, -0.05) is 29.8 Å². The Kier molecular flexibility index (Phi) is 6.59. The van der Waals surface area contributed by atoms with Crippen molar-refractivity contribution in [2.24, 2.45) is 0 Å². The molecule has 1 N–H and O–H groups in total. The van der Waals surface area contributed by atoms with Gasteiger partial charge < -0.3 is 10.1 Å². The highest BCUT2D eigenvalue weighted by molar-refractivity contribution is 7.89. The molecule has 0 bridgehead atoms. The number of halogens is 1. The molecular formula is C20H23ClN2O4S. The summed E-state index contributed by atoms with van der Waals surface area (Å²) in [6.45, 7) is 1.09. The molecule has 0 atom stereocenters. The number of sulfonamides is 1. The predicted molar refractivity (Wildman–Crippen MR) is 109 cm³/mol. The topological polar surface area (TPSA) is 75.7 Å². The largest absolute Gasteiger partial charge is 0.497 e. The first-order valence-corrected chi connectivity index (χ1v) is 11.1. The second-order valence-electron chi connectivity index (χ2n) is 6.62. The molecule has 0 fully saturated rings. The van der Waals surface area contributed by atoms with Crippen LogP contribution in [0.3, 0.4) is 0 Å². The van der Waals surface area contributed by atoms with Crippen LogP contribution in [-0.2, 0) is 23.0 Å². The van der Waals surface area contributed by atoms with Crippen molar-refractivity contribution in [3.05, 3.63) is 64.2 Å². The Morgan fingerprint density at radius 2 is 2.00 bits per heavy atom. The molecule has 2 aromatic carbocycles. The first-order valence-electron chi connectivity index (χ1n) is 9.07. The molecular weight excluding hydrogens is 400 g/mol. The van der Waals surface area contributed by atoms with Gasteiger partial charge in [0.1, 0.15) is 5.75 Å². The molecule has 0 saturated heterocycles. The lowest BCUT2D eigenvalue weighted by Gasteiger charge is -2.28. The Balaban J connectivity index is 1.52. The van der Waals surface area contributed by atoms with E-state index in [2.05, 4.69) is 5.32 Å². The number of methoxy groups -OCH3 is 1. The number of fused-ring (bicyclic) bond motifs is 1. The van der Waals surface area contributed by atoms with E-state index in [0.717, 1.165) is 16.9 Å². The minimum atomic E-state index is -3.39. The zero-order valence-electron chi connectivity index (χ0n) is 15.7. The highest BCUT2D eigenvalue weighted by atomic mass is 35.5. The summed E-state index contributed by atoms with van der Waals surface area (Å²) in [5.74, 6) is 0.467. The summed E-state index contributed by atoms with van der Waals surface area (Å²) < 4.78 is 32.0. The van der Waals surface area contributed by atoms with Gasteiger partial charge >= 0.3 is 0 Å². The first-order chi connectivity index (χ1) is 13.4. The lowest BCUT2D eigenvalue weighted by Crippen LogP contribution is -2.38. The summed E-state index contributed by atoms with van der Waals surface area (Å²) in [5, 5.41) is 3.09. The average Bonchev–Trinajstić information content (AvgIpc) is 2.70. The van der Waals surface area contributed by atoms with Crippen LogP contribution < -0.4 is 10.1 Å². The zero-order chi connectivity index (χ0) is 20.1. The van der Waals surface area contributed by atoms with E-state index in [1.807, 2.05) is 18.2 Å². The maximum atomic E-state index is 12.7. The maximum Gasteiger partial charge on any atom is 0.252 e. The van der Waals surface area contributed by atoms with Crippen molar-refractivity contribution in [2.75, 3.05) is 26.0 Å². The third kappa shape index (κ3) is 4.84. The Labute approximate surface area is 170 Å². The number of benzene rings is 2. The number of nitrogens with zero attached hydrogens (tertiary/aromatic N) is 1. The molecule has 28 heavy (non-hydrogen) atoms. The molecule has 1 aliphatic rings. The fourth-order valence-electron chi connectivity index (χ4n) is 3.19. The number of hydrogen-bond acceptors (Lipinski definition) is 4. The second kappa shape index (κ2) is 8.94. The van der Waals surface area contributed by atoms with E-state index >= 15 is 0 Å². The molecule has 0 aliphatic carbocycles. The van der Waals surface area contributed by atoms with Crippen LogP contribution in [0.4, 0.5) is 0 Å². The van der Waals surface area contributed by atoms with Gasteiger partial charge in [-0.2, -0.15) is 4.31 Å². The van der Waals surface area contributed by atoms with Gasteiger partial charge in [0.15, 0.2) is 0 Å². The van der Waals surface area contributed by atoms with Gasteiger partial charge in [-0.3, -0.25) is 4.79 Å². The van der Waals surface area contributed by atoms with Crippen LogP contribution in [0, 0.1) is 0 Å². The van der Waals surface area contributed by atoms with Crippen LogP contribution in [0.15, 0.2) is 42.5 Å². The number of carbonyl (C=O) groups is 1. The molecule has 3 rings (SSSR count). The van der Waals surface area contributed by atoms with Crippen molar-refractivity contribution in [2.45, 2.75) is 19.4 Å². The molecule has 8 heteroatoms. The molecule has 0 spiro atoms. The Bertz CT molecular complexity index is 962. The molecule has 6 nitrogen and oxygen atoms in total. The molecule has 0 aromatic heterocycles. The Hall–Kier alpha value is -2.09. The summed E-state index contributed by atoms with van der Waals surface area (Å²) in [4.78, 5) is 12.1. The van der Waals surface area contributed by atoms with E-state index in [4.69, 9.17) is 16.3 Å². The van der Waals surface area contributed by atoms with E-state index in [1.165, 1.54) is 4.31 Å². The van der Waals surface area contributed by atoms with Crippen LogP contribution in [0.1, 0.15) is 27.9 Å². The summed E-state index contributed by atoms with van der Waals surface area (Å²) in [5.41, 5.74) is 2.51. The number of amides is 1. The van der Waals surface area contributed by atoms with Crippen LogP contribution in [0.2, 0.25) is 5.02 Å². The standard InChI is InChI=1S/C20H23ClN2O4S/c1-27-17-8-7-16-14-23(11-9-15(16)13-17)28(25,26)12-4-10-22-20(24)18-5-2-3-6-19(18)21/h2-3,5-8,13H,4,9-12,14H2,1H3,(H,22,24). The Morgan fingerprint density at radius 3 is 2.75 bits per heavy atom. The average molecular weight is 423 g/mol. The first kappa shape index (κ1) is 20.6. The fraction of sp³-hybridized carbons (Fsp3) is 0.350. The van der Waals surface area contributed by atoms with Crippen molar-refractivity contribution in [1.29, 1.82) is 0 Å². The summed E-state index contributed by atoms with van der Waals surface area (Å²) in [6.07, 6.45) is 1.000. The number of ether oxygens (including phenoxy) is 1. The van der Waals surface area contributed by atoms with Crippen LogP contribution in [0.5, 0.6) is 5.75 Å². The van der Waals surface area contributed by atoms with Crippen molar-refractivity contribution < 1.29 is 17.9 Å². The van der Waals surface area contributed by atoms with Gasteiger partial charge in [0.2, 0.25) is 10.0 Å². The lowest BCUT2D eigenvalue weighted by atomic mass is 10.0. The van der Waals surface area contributed by atoms with Gasteiger partial charge in [0, 0.05) is 19.6 Å². The molecule has 0 unspecified atom stereocenters. The molecule has 1 aliphatic heterocycles. The summed E-state index contributed by atoms with van der Waals surface area (Å²) in [6, 6.07) is 12.5. The second-order valence-corrected chi connectivity index (χ2v) is 9.12. The highest BCUT2D eigenvalue weighted by Crippen LogP contribution is 2.25. The lowest BCUT2D eigenvalue weighted by molar-refractivity contribution is 0.0954. The minimum absolute atomic E-state index is 0.0126. The molecule has 2 aromatic rings. The summed E-state index contributed by atoms with van der Waals surface area (Å²) in [7, 11) is -1.77. The van der Waals surface area contributed by atoms with E-state index in [9.17, 15) is 13.2 Å². The fourth-order valence-corrected chi connectivity index (χ4v) is 4.89. The van der Waals surface area contributed by atoms with E-state index < -0.39 is 10.0 Å². The molecule has 150 valence electrons. The van der Waals surface area contributed by atoms with Crippen LogP contribution >= 0.6 is 11.6 Å². The molecule has 0 saturated carbocycles. The van der Waals surface area contributed by atoms with Crippen molar-refractivity contribution >= 4 is 27.5 Å². The van der Waals surface area contributed by atoms with E-state index in [-0.39, 0.29) is 18.2 Å². The van der Waals surface area contributed by atoms with Crippen molar-refractivity contribution in [3.8, 4) is 5.75 Å². The number of hydrogen-bond donors (Lipinski definition) is 1. The Morgan fingerprint density at radius 1 is 1.21 bits per heavy atom. The third-order valence-electron chi connectivity index (χ3n) is 4.77. The molecule has 1 amide bonds. The third-order valence-corrected chi connectivity index (χ3v) is 7.00. The van der Waals surface area contributed by atoms with E-state index in [1.54, 1.807) is 31.4 Å². The molecule has 0 radical (unpaired) electrons. The van der Waals surface area contributed by atoms with Crippen molar-refractivity contribution in [3.63, 3.8) is 0 Å². The van der Waals surface area contributed by atoms with Crippen molar-refractivity contribution in [1.82, 2.24) is 9.62 Å². The van der Waals surface area contributed by atoms with Gasteiger partial charge in [-0.05, 0) is 48.2 Å². The normalized spacial score (nSPS) is 14.4. The number of rotatable bonds is 7. The SMILES string of the molecule is COc1ccc2c(c1)CCN(S(=O)(=O)CCCNC(=O)c1ccccc1Cl)C2. The maximum absolute atomic E-state index is 12.7. The van der Waals surface area contributed by atoms with Gasteiger partial charge in [-0.15, -0.1) is 0 Å². The monoisotopic (exact) mass is 422 g/mol. The van der Waals surface area contributed by atoms with Gasteiger partial charge in [-0.25, -0.2) is 8.42 Å². The van der Waals surface area contributed by atoms with Gasteiger partial charge in [0.05, 0.1) is 23.4 Å². The van der Waals surface area contributed by atoms with E-state index in [0.29, 0.717) is 36.5 Å². The zero-order valence-corrected chi connectivity index (χ0v) is 17.2. The number of nitrogens with one attached hydrogen (secondary N) is 1. The van der Waals surface area contributed by atoms with Crippen LogP contribution in [0.25, 0.3) is 0 Å². The summed E-state index contributed by atoms with van der Waals surface area (Å²) >= 11 is 6.00. The quantitative estimate of drug-likeness (QED) is 0.696. The smallest absolute Gasteiger partial charge is 0.252 e.